The zero-order chi connectivity index (χ0) is 16.8. The van der Waals surface area contributed by atoms with E-state index < -0.39 is 33.0 Å². The number of hydrogen-bond donors (Lipinski definition) is 0. The summed E-state index contributed by atoms with van der Waals surface area (Å²) in [5.74, 6) is -2.87. The van der Waals surface area contributed by atoms with Gasteiger partial charge in [-0.2, -0.15) is 0 Å². The van der Waals surface area contributed by atoms with Crippen LogP contribution in [0.3, 0.4) is 0 Å². The maximum absolute atomic E-state index is 13.2. The quantitative estimate of drug-likeness (QED) is 0.735. The second-order valence-electron chi connectivity index (χ2n) is 5.09. The molecule has 3 rings (SSSR count). The highest BCUT2D eigenvalue weighted by Crippen LogP contribution is 2.22. The third-order valence-corrected chi connectivity index (χ3v) is 5.09. The molecule has 0 aliphatic heterocycles. The third-order valence-electron chi connectivity index (χ3n) is 3.40. The lowest BCUT2D eigenvalue weighted by molar-refractivity contribution is 0.527. The first-order valence-corrected chi connectivity index (χ1v) is 8.19. The van der Waals surface area contributed by atoms with Gasteiger partial charge in [0, 0.05) is 19.2 Å². The van der Waals surface area contributed by atoms with E-state index in [0.29, 0.717) is 11.6 Å². The average molecular weight is 339 g/mol. The Balaban J connectivity index is 2.03. The van der Waals surface area contributed by atoms with E-state index in [4.69, 9.17) is 4.42 Å². The lowest BCUT2D eigenvalue weighted by Crippen LogP contribution is -2.08. The number of oxazole rings is 1. The molecule has 1 heterocycles. The second kappa shape index (κ2) is 5.31. The van der Waals surface area contributed by atoms with E-state index >= 15 is 0 Å². The fraction of sp³-hybridized carbons (Fsp3) is 0.133. The first kappa shape index (κ1) is 15.4. The molecule has 5 nitrogen and oxygen atoms in total. The molecule has 23 heavy (non-hydrogen) atoms. The van der Waals surface area contributed by atoms with Crippen LogP contribution in [0.4, 0.5) is 8.78 Å². The van der Waals surface area contributed by atoms with E-state index in [0.717, 1.165) is 12.1 Å². The molecular weight excluding hydrogens is 328 g/mol. The number of aryl methyl sites for hydroxylation is 1. The van der Waals surface area contributed by atoms with E-state index in [1.807, 2.05) is 0 Å². The van der Waals surface area contributed by atoms with Crippen molar-refractivity contribution in [1.82, 2.24) is 4.57 Å². The zero-order valence-electron chi connectivity index (χ0n) is 11.9. The average Bonchev–Trinajstić information content (AvgIpc) is 2.72. The summed E-state index contributed by atoms with van der Waals surface area (Å²) >= 11 is 0. The van der Waals surface area contributed by atoms with Gasteiger partial charge in [-0.15, -0.1) is 0 Å². The van der Waals surface area contributed by atoms with Crippen LogP contribution < -0.4 is 5.76 Å². The number of benzene rings is 2. The van der Waals surface area contributed by atoms with E-state index in [9.17, 15) is 22.0 Å². The predicted molar refractivity (Wildman–Crippen MR) is 78.7 cm³/mol. The summed E-state index contributed by atoms with van der Waals surface area (Å²) in [7, 11) is -2.35. The fourth-order valence-corrected chi connectivity index (χ4v) is 3.64. The minimum Gasteiger partial charge on any atom is -0.408 e. The normalized spacial score (nSPS) is 12.0. The molecule has 0 saturated heterocycles. The van der Waals surface area contributed by atoms with E-state index in [2.05, 4.69) is 0 Å². The first-order chi connectivity index (χ1) is 10.8. The summed E-state index contributed by atoms with van der Waals surface area (Å²) < 4.78 is 57.3. The molecular formula is C15H11F2NO4S. The Hall–Kier alpha value is -2.48. The standard InChI is InChI=1S/C15H11F2NO4S/c1-18-13-3-2-12(7-14(13)22-15(18)19)23(20,21)8-9-4-10(16)6-11(17)5-9/h2-7H,8H2,1H3. The number of aromatic nitrogens is 1. The highest BCUT2D eigenvalue weighted by Gasteiger charge is 2.18. The van der Waals surface area contributed by atoms with Crippen molar-refractivity contribution in [3.05, 3.63) is 64.1 Å². The van der Waals surface area contributed by atoms with Gasteiger partial charge in [0.2, 0.25) is 0 Å². The van der Waals surface area contributed by atoms with Gasteiger partial charge in [0.05, 0.1) is 16.2 Å². The fourth-order valence-electron chi connectivity index (χ4n) is 2.30. The lowest BCUT2D eigenvalue weighted by atomic mass is 10.2. The molecule has 0 amide bonds. The monoisotopic (exact) mass is 339 g/mol. The smallest absolute Gasteiger partial charge is 0.408 e. The van der Waals surface area contributed by atoms with Crippen molar-refractivity contribution in [3.63, 3.8) is 0 Å². The molecule has 0 N–H and O–H groups in total. The summed E-state index contributed by atoms with van der Waals surface area (Å²) in [6.07, 6.45) is 0. The van der Waals surface area contributed by atoms with Gasteiger partial charge in [-0.05, 0) is 29.8 Å². The van der Waals surface area contributed by atoms with Gasteiger partial charge >= 0.3 is 5.76 Å². The van der Waals surface area contributed by atoms with Crippen molar-refractivity contribution in [1.29, 1.82) is 0 Å². The zero-order valence-corrected chi connectivity index (χ0v) is 12.7. The first-order valence-electron chi connectivity index (χ1n) is 6.53. The molecule has 3 aromatic rings. The number of rotatable bonds is 3. The van der Waals surface area contributed by atoms with Crippen molar-refractivity contribution < 1.29 is 21.6 Å². The lowest BCUT2D eigenvalue weighted by Gasteiger charge is -2.05. The molecule has 0 bridgehead atoms. The summed E-state index contributed by atoms with van der Waals surface area (Å²) in [5.41, 5.74) is 0.576. The van der Waals surface area contributed by atoms with Gasteiger partial charge in [0.25, 0.3) is 0 Å². The van der Waals surface area contributed by atoms with Crippen LogP contribution in [0.5, 0.6) is 0 Å². The van der Waals surface area contributed by atoms with Gasteiger partial charge in [-0.3, -0.25) is 4.57 Å². The minimum atomic E-state index is -3.85. The Labute approximate surface area is 129 Å². The van der Waals surface area contributed by atoms with E-state index in [-0.39, 0.29) is 16.0 Å². The topological polar surface area (TPSA) is 69.3 Å². The van der Waals surface area contributed by atoms with Crippen LogP contribution in [0, 0.1) is 11.6 Å². The largest absolute Gasteiger partial charge is 0.419 e. The van der Waals surface area contributed by atoms with Crippen molar-refractivity contribution in [3.8, 4) is 0 Å². The highest BCUT2D eigenvalue weighted by atomic mass is 32.2. The predicted octanol–water partition coefficient (Wildman–Crippen LogP) is 2.38. The molecule has 8 heteroatoms. The van der Waals surface area contributed by atoms with Gasteiger partial charge in [-0.25, -0.2) is 22.0 Å². The Morgan fingerprint density at radius 3 is 2.39 bits per heavy atom. The second-order valence-corrected chi connectivity index (χ2v) is 7.08. The van der Waals surface area contributed by atoms with Crippen LogP contribution in [0.2, 0.25) is 0 Å². The molecule has 0 saturated carbocycles. The van der Waals surface area contributed by atoms with Gasteiger partial charge in [-0.1, -0.05) is 0 Å². The number of nitrogens with zero attached hydrogens (tertiary/aromatic N) is 1. The van der Waals surface area contributed by atoms with Crippen molar-refractivity contribution in [2.75, 3.05) is 0 Å². The maximum Gasteiger partial charge on any atom is 0.419 e. The molecule has 0 unspecified atom stereocenters. The van der Waals surface area contributed by atoms with Gasteiger partial charge in [0.1, 0.15) is 11.6 Å². The number of hydrogen-bond acceptors (Lipinski definition) is 4. The Morgan fingerprint density at radius 2 is 1.74 bits per heavy atom. The molecule has 120 valence electrons. The number of fused-ring (bicyclic) bond motifs is 1. The summed E-state index contributed by atoms with van der Waals surface area (Å²) in [6, 6.07) is 6.58. The molecule has 2 aromatic carbocycles. The molecule has 1 aromatic heterocycles. The van der Waals surface area contributed by atoms with Gasteiger partial charge in [0.15, 0.2) is 15.4 Å². The van der Waals surface area contributed by atoms with Crippen LogP contribution in [0.1, 0.15) is 5.56 Å². The number of halogens is 2. The van der Waals surface area contributed by atoms with Crippen molar-refractivity contribution in [2.24, 2.45) is 7.05 Å². The molecule has 0 radical (unpaired) electrons. The van der Waals surface area contributed by atoms with Crippen LogP contribution >= 0.6 is 0 Å². The molecule has 0 atom stereocenters. The van der Waals surface area contributed by atoms with Crippen LogP contribution in [-0.4, -0.2) is 13.0 Å². The van der Waals surface area contributed by atoms with Crippen LogP contribution in [0.15, 0.2) is 50.5 Å². The molecule has 0 fully saturated rings. The minimum absolute atomic E-state index is 0.00267. The number of sulfone groups is 1. The van der Waals surface area contributed by atoms with Crippen LogP contribution in [-0.2, 0) is 22.6 Å². The molecule has 0 aliphatic rings. The Morgan fingerprint density at radius 1 is 1.09 bits per heavy atom. The van der Waals surface area contributed by atoms with Crippen molar-refractivity contribution >= 4 is 20.9 Å². The van der Waals surface area contributed by atoms with Crippen LogP contribution in [0.25, 0.3) is 11.1 Å². The highest BCUT2D eigenvalue weighted by molar-refractivity contribution is 7.90. The van der Waals surface area contributed by atoms with Crippen molar-refractivity contribution in [2.45, 2.75) is 10.6 Å². The van der Waals surface area contributed by atoms with Gasteiger partial charge < -0.3 is 4.42 Å². The Bertz CT molecular complexity index is 1050. The maximum atomic E-state index is 13.2. The third kappa shape index (κ3) is 2.89. The molecule has 0 aliphatic carbocycles. The van der Waals surface area contributed by atoms with E-state index in [1.165, 1.54) is 29.8 Å². The Kier molecular flexibility index (Phi) is 3.56. The summed E-state index contributed by atoms with van der Waals surface area (Å²) in [5, 5.41) is 0. The van der Waals surface area contributed by atoms with E-state index in [1.54, 1.807) is 0 Å². The SMILES string of the molecule is Cn1c(=O)oc2cc(S(=O)(=O)Cc3cc(F)cc(F)c3)ccc21. The summed E-state index contributed by atoms with van der Waals surface area (Å²) in [6.45, 7) is 0. The summed E-state index contributed by atoms with van der Waals surface area (Å²) in [4.78, 5) is 11.3. The molecule has 0 spiro atoms.